The first-order valence-electron chi connectivity index (χ1n) is 6.42. The van der Waals surface area contributed by atoms with Crippen LogP contribution in [0, 0.1) is 0 Å². The average molecular weight is 248 g/mol. The molecule has 1 fully saturated rings. The lowest BCUT2D eigenvalue weighted by Gasteiger charge is -2.38. The van der Waals surface area contributed by atoms with Gasteiger partial charge in [0.2, 0.25) is 5.91 Å². The summed E-state index contributed by atoms with van der Waals surface area (Å²) in [5.41, 5.74) is 6.53. The monoisotopic (exact) mass is 248 g/mol. The lowest BCUT2D eigenvalue weighted by atomic mass is 9.75. The van der Waals surface area contributed by atoms with Crippen LogP contribution in [0.4, 0.5) is 5.69 Å². The molecular formula is C14H20N2O2. The summed E-state index contributed by atoms with van der Waals surface area (Å²) in [6.45, 7) is 2.50. The highest BCUT2D eigenvalue weighted by atomic mass is 16.3. The van der Waals surface area contributed by atoms with Gasteiger partial charge in [-0.2, -0.15) is 0 Å². The van der Waals surface area contributed by atoms with Crippen molar-refractivity contribution in [3.05, 3.63) is 24.3 Å². The summed E-state index contributed by atoms with van der Waals surface area (Å²) in [6, 6.07) is 6.76. The summed E-state index contributed by atoms with van der Waals surface area (Å²) >= 11 is 0. The molecule has 0 aliphatic heterocycles. The Bertz CT molecular complexity index is 441. The molecule has 1 aromatic carbocycles. The highest BCUT2D eigenvalue weighted by Crippen LogP contribution is 2.33. The second kappa shape index (κ2) is 4.98. The van der Waals surface area contributed by atoms with Gasteiger partial charge in [0, 0.05) is 30.3 Å². The molecule has 2 rings (SSSR count). The Labute approximate surface area is 107 Å². The number of phenols is 1. The van der Waals surface area contributed by atoms with Gasteiger partial charge in [-0.05, 0) is 38.3 Å². The van der Waals surface area contributed by atoms with Crippen LogP contribution in [0.3, 0.4) is 0 Å². The van der Waals surface area contributed by atoms with Gasteiger partial charge in [-0.25, -0.2) is 0 Å². The minimum absolute atomic E-state index is 0.0327. The zero-order chi connectivity index (χ0) is 13.2. The fraction of sp³-hybridized carbons (Fsp3) is 0.500. The van der Waals surface area contributed by atoms with Gasteiger partial charge in [0.05, 0.1) is 0 Å². The predicted octanol–water partition coefficient (Wildman–Crippen LogP) is 2.02. The van der Waals surface area contributed by atoms with Gasteiger partial charge in [0.25, 0.3) is 0 Å². The third kappa shape index (κ3) is 2.64. The summed E-state index contributed by atoms with van der Waals surface area (Å²) in [7, 11) is 0. The minimum atomic E-state index is -0.304. The largest absolute Gasteiger partial charge is 0.508 e. The fourth-order valence-corrected chi connectivity index (χ4v) is 2.37. The third-order valence-electron chi connectivity index (χ3n) is 3.61. The maximum absolute atomic E-state index is 12.3. The molecule has 0 aromatic heterocycles. The van der Waals surface area contributed by atoms with Crippen molar-refractivity contribution in [1.82, 2.24) is 0 Å². The SMILES string of the molecule is CCN(C(=O)CC1(N)CCC1)c1cccc(O)c1. The van der Waals surface area contributed by atoms with E-state index in [1.165, 1.54) is 0 Å². The highest BCUT2D eigenvalue weighted by molar-refractivity contribution is 5.94. The van der Waals surface area contributed by atoms with E-state index >= 15 is 0 Å². The molecule has 1 aliphatic rings. The normalized spacial score (nSPS) is 17.0. The number of benzene rings is 1. The van der Waals surface area contributed by atoms with Gasteiger partial charge in [0.1, 0.15) is 5.75 Å². The van der Waals surface area contributed by atoms with Crippen molar-refractivity contribution in [2.24, 2.45) is 5.73 Å². The van der Waals surface area contributed by atoms with Gasteiger partial charge in [0.15, 0.2) is 0 Å². The van der Waals surface area contributed by atoms with Crippen LogP contribution in [0.15, 0.2) is 24.3 Å². The van der Waals surface area contributed by atoms with Crippen LogP contribution in [-0.2, 0) is 4.79 Å². The zero-order valence-electron chi connectivity index (χ0n) is 10.7. The molecule has 3 N–H and O–H groups in total. The molecule has 1 amide bonds. The van der Waals surface area contributed by atoms with E-state index in [1.807, 2.05) is 13.0 Å². The van der Waals surface area contributed by atoms with Crippen LogP contribution in [0.1, 0.15) is 32.6 Å². The summed E-state index contributed by atoms with van der Waals surface area (Å²) in [4.78, 5) is 13.9. The van der Waals surface area contributed by atoms with Gasteiger partial charge in [-0.1, -0.05) is 6.07 Å². The van der Waals surface area contributed by atoms with Crippen molar-refractivity contribution in [2.45, 2.75) is 38.1 Å². The Morgan fingerprint density at radius 1 is 1.50 bits per heavy atom. The van der Waals surface area contributed by atoms with Crippen molar-refractivity contribution < 1.29 is 9.90 Å². The van der Waals surface area contributed by atoms with Crippen molar-refractivity contribution >= 4 is 11.6 Å². The summed E-state index contributed by atoms with van der Waals surface area (Å²) in [6.07, 6.45) is 3.35. The molecule has 0 radical (unpaired) electrons. The first-order chi connectivity index (χ1) is 8.54. The molecule has 0 saturated heterocycles. The van der Waals surface area contributed by atoms with E-state index < -0.39 is 0 Å². The van der Waals surface area contributed by atoms with E-state index in [2.05, 4.69) is 0 Å². The summed E-state index contributed by atoms with van der Waals surface area (Å²) < 4.78 is 0. The molecule has 0 heterocycles. The van der Waals surface area contributed by atoms with Crippen molar-refractivity contribution in [3.8, 4) is 5.75 Å². The number of hydrogen-bond donors (Lipinski definition) is 2. The zero-order valence-corrected chi connectivity index (χ0v) is 10.7. The molecule has 1 aliphatic carbocycles. The van der Waals surface area contributed by atoms with E-state index in [4.69, 9.17) is 5.73 Å². The lowest BCUT2D eigenvalue weighted by molar-refractivity contribution is -0.120. The molecule has 0 atom stereocenters. The number of amides is 1. The number of rotatable bonds is 4. The Balaban J connectivity index is 2.10. The first-order valence-corrected chi connectivity index (χ1v) is 6.42. The summed E-state index contributed by atoms with van der Waals surface area (Å²) in [5.74, 6) is 0.204. The Hall–Kier alpha value is -1.55. The first kappa shape index (κ1) is 12.9. The third-order valence-corrected chi connectivity index (χ3v) is 3.61. The van der Waals surface area contributed by atoms with Gasteiger partial charge >= 0.3 is 0 Å². The molecule has 4 nitrogen and oxygen atoms in total. The number of nitrogens with zero attached hydrogens (tertiary/aromatic N) is 1. The van der Waals surface area contributed by atoms with E-state index in [-0.39, 0.29) is 17.2 Å². The van der Waals surface area contributed by atoms with E-state index in [0.29, 0.717) is 13.0 Å². The van der Waals surface area contributed by atoms with Crippen LogP contribution >= 0.6 is 0 Å². The predicted molar refractivity (Wildman–Crippen MR) is 71.5 cm³/mol. The average Bonchev–Trinajstić information content (AvgIpc) is 2.28. The van der Waals surface area contributed by atoms with Crippen LogP contribution in [-0.4, -0.2) is 23.1 Å². The number of hydrogen-bond acceptors (Lipinski definition) is 3. The Kier molecular flexibility index (Phi) is 3.57. The van der Waals surface area contributed by atoms with Crippen LogP contribution in [0.2, 0.25) is 0 Å². The Morgan fingerprint density at radius 2 is 2.22 bits per heavy atom. The molecule has 4 heteroatoms. The van der Waals surface area contributed by atoms with Gasteiger partial charge in [-0.15, -0.1) is 0 Å². The van der Waals surface area contributed by atoms with Crippen molar-refractivity contribution in [2.75, 3.05) is 11.4 Å². The number of aromatic hydroxyl groups is 1. The molecule has 18 heavy (non-hydrogen) atoms. The number of phenolic OH excluding ortho intramolecular Hbond substituents is 1. The fourth-order valence-electron chi connectivity index (χ4n) is 2.37. The second-order valence-corrected chi connectivity index (χ2v) is 5.05. The number of carbonyl (C=O) groups excluding carboxylic acids is 1. The lowest BCUT2D eigenvalue weighted by Crippen LogP contribution is -2.50. The number of anilines is 1. The molecule has 98 valence electrons. The molecule has 1 saturated carbocycles. The molecule has 0 spiro atoms. The smallest absolute Gasteiger partial charge is 0.228 e. The number of carbonyl (C=O) groups is 1. The van der Waals surface area contributed by atoms with Crippen LogP contribution < -0.4 is 10.6 Å². The van der Waals surface area contributed by atoms with E-state index in [9.17, 15) is 9.90 Å². The molecule has 0 unspecified atom stereocenters. The topological polar surface area (TPSA) is 66.6 Å². The van der Waals surface area contributed by atoms with Crippen LogP contribution in [0.25, 0.3) is 0 Å². The Morgan fingerprint density at radius 3 is 2.72 bits per heavy atom. The standard InChI is InChI=1S/C14H20N2O2/c1-2-16(11-5-3-6-12(17)9-11)13(18)10-14(15)7-4-8-14/h3,5-6,9,17H,2,4,7-8,10,15H2,1H3. The van der Waals surface area contributed by atoms with Crippen molar-refractivity contribution in [3.63, 3.8) is 0 Å². The summed E-state index contributed by atoms with van der Waals surface area (Å²) in [5, 5.41) is 9.47. The van der Waals surface area contributed by atoms with E-state index in [1.54, 1.807) is 23.1 Å². The molecule has 1 aromatic rings. The quantitative estimate of drug-likeness (QED) is 0.856. The molecular weight excluding hydrogens is 228 g/mol. The second-order valence-electron chi connectivity index (χ2n) is 5.05. The molecule has 0 bridgehead atoms. The van der Waals surface area contributed by atoms with Crippen molar-refractivity contribution in [1.29, 1.82) is 0 Å². The van der Waals surface area contributed by atoms with Gasteiger partial charge in [-0.3, -0.25) is 4.79 Å². The maximum Gasteiger partial charge on any atom is 0.228 e. The highest BCUT2D eigenvalue weighted by Gasteiger charge is 2.36. The van der Waals surface area contributed by atoms with E-state index in [0.717, 1.165) is 24.9 Å². The number of nitrogens with two attached hydrogens (primary N) is 1. The maximum atomic E-state index is 12.3. The van der Waals surface area contributed by atoms with Crippen LogP contribution in [0.5, 0.6) is 5.75 Å². The van der Waals surface area contributed by atoms with Gasteiger partial charge < -0.3 is 15.7 Å². The minimum Gasteiger partial charge on any atom is -0.508 e.